The molecular weight excluding hydrogens is 378 g/mol. The van der Waals surface area contributed by atoms with Gasteiger partial charge in [-0.1, -0.05) is 30.2 Å². The summed E-state index contributed by atoms with van der Waals surface area (Å²) >= 11 is 0. The number of benzene rings is 2. The summed E-state index contributed by atoms with van der Waals surface area (Å²) in [4.78, 5) is 26.4. The molecule has 0 aliphatic heterocycles. The summed E-state index contributed by atoms with van der Waals surface area (Å²) in [6.07, 6.45) is 5.92. The van der Waals surface area contributed by atoms with Crippen LogP contribution in [0.25, 0.3) is 16.9 Å². The molecule has 0 fully saturated rings. The summed E-state index contributed by atoms with van der Waals surface area (Å²) < 4.78 is 6.98. The van der Waals surface area contributed by atoms with Crippen LogP contribution in [0.4, 0.5) is 0 Å². The van der Waals surface area contributed by atoms with Crippen LogP contribution in [-0.2, 0) is 11.2 Å². The van der Waals surface area contributed by atoms with Gasteiger partial charge in [0.15, 0.2) is 5.69 Å². The molecule has 150 valence electrons. The summed E-state index contributed by atoms with van der Waals surface area (Å²) in [5.74, 6) is 1.89. The second-order valence-corrected chi connectivity index (χ2v) is 7.05. The van der Waals surface area contributed by atoms with Gasteiger partial charge < -0.3 is 9.64 Å². The topological polar surface area (TPSA) is 64.4 Å². The molecule has 0 bridgehead atoms. The first-order valence-electron chi connectivity index (χ1n) is 9.71. The van der Waals surface area contributed by atoms with Crippen molar-refractivity contribution in [2.75, 3.05) is 20.2 Å². The largest absolute Gasteiger partial charge is 0.461 e. The van der Waals surface area contributed by atoms with E-state index in [1.807, 2.05) is 30.3 Å². The Bertz CT molecular complexity index is 1170. The Morgan fingerprint density at radius 2 is 1.93 bits per heavy atom. The molecule has 0 radical (unpaired) electrons. The predicted octanol–water partition coefficient (Wildman–Crippen LogP) is 3.33. The maximum atomic E-state index is 12.5. The fourth-order valence-electron chi connectivity index (χ4n) is 3.72. The van der Waals surface area contributed by atoms with Crippen molar-refractivity contribution in [2.24, 2.45) is 0 Å². The summed E-state index contributed by atoms with van der Waals surface area (Å²) in [5.41, 5.74) is 5.56. The van der Waals surface area contributed by atoms with Crippen LogP contribution < -0.4 is 0 Å². The van der Waals surface area contributed by atoms with Crippen LogP contribution in [0.2, 0.25) is 0 Å². The molecule has 1 amide bonds. The highest BCUT2D eigenvalue weighted by atomic mass is 16.5. The SMILES string of the molecule is C#CCN(C)C(=O)c1ccc(-n2nc(C(=O)OCC)c3c2-c2ccccc2C3)cc1. The van der Waals surface area contributed by atoms with Crippen LogP contribution in [0.3, 0.4) is 0 Å². The number of amides is 1. The molecular formula is C24H21N3O3. The van der Waals surface area contributed by atoms with Crippen LogP contribution in [0, 0.1) is 12.3 Å². The number of fused-ring (bicyclic) bond motifs is 3. The minimum atomic E-state index is -0.428. The molecule has 2 aromatic carbocycles. The number of aromatic nitrogens is 2. The lowest BCUT2D eigenvalue weighted by atomic mass is 10.1. The fourth-order valence-corrected chi connectivity index (χ4v) is 3.72. The molecule has 0 saturated heterocycles. The van der Waals surface area contributed by atoms with E-state index >= 15 is 0 Å². The van der Waals surface area contributed by atoms with E-state index < -0.39 is 5.97 Å². The first-order valence-corrected chi connectivity index (χ1v) is 9.71. The lowest BCUT2D eigenvalue weighted by Gasteiger charge is -2.14. The van der Waals surface area contributed by atoms with Gasteiger partial charge in [0.05, 0.1) is 24.5 Å². The summed E-state index contributed by atoms with van der Waals surface area (Å²) in [5, 5.41) is 4.58. The highest BCUT2D eigenvalue weighted by Crippen LogP contribution is 2.39. The van der Waals surface area contributed by atoms with Gasteiger partial charge in [0.2, 0.25) is 0 Å². The molecule has 30 heavy (non-hydrogen) atoms. The second kappa shape index (κ2) is 7.88. The smallest absolute Gasteiger partial charge is 0.359 e. The third-order valence-electron chi connectivity index (χ3n) is 5.13. The highest BCUT2D eigenvalue weighted by Gasteiger charge is 2.31. The van der Waals surface area contributed by atoms with Crippen LogP contribution in [-0.4, -0.2) is 46.8 Å². The molecule has 0 unspecified atom stereocenters. The zero-order chi connectivity index (χ0) is 21.3. The number of nitrogens with zero attached hydrogens (tertiary/aromatic N) is 3. The third kappa shape index (κ3) is 3.25. The lowest BCUT2D eigenvalue weighted by molar-refractivity contribution is 0.0517. The Labute approximate surface area is 175 Å². The molecule has 3 aromatic rings. The number of rotatable bonds is 5. The normalized spacial score (nSPS) is 11.4. The van der Waals surface area contributed by atoms with Crippen LogP contribution in [0.15, 0.2) is 48.5 Å². The highest BCUT2D eigenvalue weighted by molar-refractivity contribution is 5.95. The third-order valence-corrected chi connectivity index (χ3v) is 5.13. The van der Waals surface area contributed by atoms with Gasteiger partial charge in [0.1, 0.15) is 0 Å². The van der Waals surface area contributed by atoms with E-state index in [0.29, 0.717) is 17.7 Å². The van der Waals surface area contributed by atoms with Crippen LogP contribution >= 0.6 is 0 Å². The average Bonchev–Trinajstić information content (AvgIpc) is 3.31. The van der Waals surface area contributed by atoms with Gasteiger partial charge in [0.25, 0.3) is 5.91 Å². The van der Waals surface area contributed by atoms with Gasteiger partial charge >= 0.3 is 5.97 Å². The zero-order valence-corrected chi connectivity index (χ0v) is 16.9. The van der Waals surface area contributed by atoms with E-state index in [0.717, 1.165) is 28.1 Å². The Kier molecular flexibility index (Phi) is 5.11. The molecule has 1 aliphatic carbocycles. The number of terminal acetylenes is 1. The Morgan fingerprint density at radius 3 is 2.63 bits per heavy atom. The van der Waals surface area contributed by atoms with E-state index in [4.69, 9.17) is 11.2 Å². The van der Waals surface area contributed by atoms with Crippen molar-refractivity contribution in [1.29, 1.82) is 0 Å². The Balaban J connectivity index is 1.77. The molecule has 0 saturated carbocycles. The molecule has 1 aromatic heterocycles. The number of carbonyl (C=O) groups excluding carboxylic acids is 2. The van der Waals surface area contributed by atoms with Crippen molar-refractivity contribution < 1.29 is 14.3 Å². The molecule has 0 atom stereocenters. The molecule has 4 rings (SSSR count). The molecule has 6 nitrogen and oxygen atoms in total. The van der Waals surface area contributed by atoms with Crippen LogP contribution in [0.5, 0.6) is 0 Å². The number of hydrogen-bond donors (Lipinski definition) is 0. The average molecular weight is 399 g/mol. The maximum absolute atomic E-state index is 12.5. The van der Waals surface area contributed by atoms with Crippen molar-refractivity contribution in [3.8, 4) is 29.3 Å². The Hall–Kier alpha value is -3.85. The van der Waals surface area contributed by atoms with Gasteiger partial charge in [-0.05, 0) is 36.8 Å². The standard InChI is InChI=1S/C24H21N3O3/c1-4-14-26(3)23(28)16-10-12-18(13-11-16)27-22-19-9-7-6-8-17(19)15-20(22)21(25-27)24(29)30-5-2/h1,6-13H,5,14-15H2,2-3H3. The maximum Gasteiger partial charge on any atom is 0.359 e. The number of esters is 1. The Morgan fingerprint density at radius 1 is 1.20 bits per heavy atom. The van der Waals surface area contributed by atoms with E-state index in [9.17, 15) is 9.59 Å². The van der Waals surface area contributed by atoms with Crippen molar-refractivity contribution >= 4 is 11.9 Å². The van der Waals surface area contributed by atoms with Gasteiger partial charge in [-0.15, -0.1) is 6.42 Å². The summed E-state index contributed by atoms with van der Waals surface area (Å²) in [7, 11) is 1.67. The van der Waals surface area contributed by atoms with E-state index in [1.54, 1.807) is 30.8 Å². The van der Waals surface area contributed by atoms with Crippen molar-refractivity contribution in [1.82, 2.24) is 14.7 Å². The van der Waals surface area contributed by atoms with E-state index in [2.05, 4.69) is 17.1 Å². The monoisotopic (exact) mass is 399 g/mol. The quantitative estimate of drug-likeness (QED) is 0.381. The predicted molar refractivity (Wildman–Crippen MR) is 114 cm³/mol. The summed E-state index contributed by atoms with van der Waals surface area (Å²) in [6.45, 7) is 2.30. The number of ether oxygens (including phenoxy) is 1. The molecule has 0 spiro atoms. The summed E-state index contributed by atoms with van der Waals surface area (Å²) in [6, 6.07) is 15.2. The van der Waals surface area contributed by atoms with Crippen molar-refractivity contribution in [3.63, 3.8) is 0 Å². The van der Waals surface area contributed by atoms with Gasteiger partial charge in [-0.2, -0.15) is 5.10 Å². The minimum Gasteiger partial charge on any atom is -0.461 e. The van der Waals surface area contributed by atoms with Crippen molar-refractivity contribution in [3.05, 3.63) is 70.9 Å². The molecule has 6 heteroatoms. The molecule has 1 aliphatic rings. The van der Waals surface area contributed by atoms with Crippen LogP contribution in [0.1, 0.15) is 38.9 Å². The van der Waals surface area contributed by atoms with E-state index in [-0.39, 0.29) is 19.1 Å². The van der Waals surface area contributed by atoms with Gasteiger partial charge in [-0.3, -0.25) is 4.79 Å². The number of hydrogen-bond acceptors (Lipinski definition) is 4. The van der Waals surface area contributed by atoms with Crippen molar-refractivity contribution in [2.45, 2.75) is 13.3 Å². The number of carbonyl (C=O) groups is 2. The molecule has 0 N–H and O–H groups in total. The first kappa shape index (κ1) is 19.5. The lowest BCUT2D eigenvalue weighted by Crippen LogP contribution is -2.26. The zero-order valence-electron chi connectivity index (χ0n) is 16.9. The van der Waals surface area contributed by atoms with Gasteiger partial charge in [0, 0.05) is 30.2 Å². The fraction of sp³-hybridized carbons (Fsp3) is 0.208. The molecule has 1 heterocycles. The van der Waals surface area contributed by atoms with E-state index in [1.165, 1.54) is 4.90 Å². The minimum absolute atomic E-state index is 0.150. The second-order valence-electron chi connectivity index (χ2n) is 7.05. The van der Waals surface area contributed by atoms with Gasteiger partial charge in [-0.25, -0.2) is 9.48 Å². The first-order chi connectivity index (χ1) is 14.5.